The van der Waals surface area contributed by atoms with Crippen molar-refractivity contribution in [1.82, 2.24) is 5.32 Å². The van der Waals surface area contributed by atoms with Crippen LogP contribution in [0, 0.1) is 11.8 Å². The standard InChI is InChI=1S/C16H27N/c1-5-14(4)12-17-16(11-13(2)3)15-9-7-6-8-10-15/h6-10,13-14,16-17H,5,11-12H2,1-4H3. The Labute approximate surface area is 107 Å². The summed E-state index contributed by atoms with van der Waals surface area (Å²) in [7, 11) is 0. The van der Waals surface area contributed by atoms with E-state index in [1.54, 1.807) is 0 Å². The maximum Gasteiger partial charge on any atom is 0.0322 e. The number of rotatable bonds is 7. The van der Waals surface area contributed by atoms with E-state index in [-0.39, 0.29) is 0 Å². The van der Waals surface area contributed by atoms with E-state index in [2.05, 4.69) is 63.3 Å². The molecule has 0 amide bonds. The first kappa shape index (κ1) is 14.2. The first-order valence-electron chi connectivity index (χ1n) is 6.91. The molecule has 96 valence electrons. The maximum atomic E-state index is 3.72. The van der Waals surface area contributed by atoms with Crippen molar-refractivity contribution in [2.45, 2.75) is 46.6 Å². The molecule has 1 aromatic rings. The van der Waals surface area contributed by atoms with E-state index >= 15 is 0 Å². The van der Waals surface area contributed by atoms with Gasteiger partial charge in [-0.3, -0.25) is 0 Å². The van der Waals surface area contributed by atoms with E-state index in [0.29, 0.717) is 6.04 Å². The van der Waals surface area contributed by atoms with Gasteiger partial charge in [-0.15, -0.1) is 0 Å². The third-order valence-electron chi connectivity index (χ3n) is 3.32. The molecule has 1 nitrogen and oxygen atoms in total. The van der Waals surface area contributed by atoms with Gasteiger partial charge in [-0.05, 0) is 30.4 Å². The van der Waals surface area contributed by atoms with Crippen LogP contribution in [0.4, 0.5) is 0 Å². The van der Waals surface area contributed by atoms with Gasteiger partial charge in [-0.1, -0.05) is 64.4 Å². The summed E-state index contributed by atoms with van der Waals surface area (Å²) in [4.78, 5) is 0. The molecule has 0 heterocycles. The van der Waals surface area contributed by atoms with Crippen LogP contribution in [0.5, 0.6) is 0 Å². The van der Waals surface area contributed by atoms with Crippen molar-refractivity contribution in [3.63, 3.8) is 0 Å². The van der Waals surface area contributed by atoms with E-state index in [9.17, 15) is 0 Å². The number of benzene rings is 1. The molecule has 17 heavy (non-hydrogen) atoms. The van der Waals surface area contributed by atoms with Crippen LogP contribution >= 0.6 is 0 Å². The fourth-order valence-electron chi connectivity index (χ4n) is 1.98. The minimum Gasteiger partial charge on any atom is -0.310 e. The van der Waals surface area contributed by atoms with Gasteiger partial charge in [0.2, 0.25) is 0 Å². The highest BCUT2D eigenvalue weighted by molar-refractivity contribution is 5.18. The van der Waals surface area contributed by atoms with Crippen molar-refractivity contribution in [2.75, 3.05) is 6.54 Å². The predicted molar refractivity (Wildman–Crippen MR) is 76.1 cm³/mol. The molecule has 0 aliphatic rings. The van der Waals surface area contributed by atoms with Crippen molar-refractivity contribution in [1.29, 1.82) is 0 Å². The first-order valence-corrected chi connectivity index (χ1v) is 6.91. The molecule has 0 radical (unpaired) electrons. The molecule has 2 atom stereocenters. The zero-order valence-electron chi connectivity index (χ0n) is 11.7. The molecule has 0 aliphatic carbocycles. The number of hydrogen-bond acceptors (Lipinski definition) is 1. The molecular weight excluding hydrogens is 206 g/mol. The average molecular weight is 233 g/mol. The summed E-state index contributed by atoms with van der Waals surface area (Å²) in [5.41, 5.74) is 1.42. The lowest BCUT2D eigenvalue weighted by Crippen LogP contribution is -2.27. The Kier molecular flexibility index (Phi) is 6.28. The molecule has 1 heteroatoms. The lowest BCUT2D eigenvalue weighted by atomic mass is 9.96. The maximum absolute atomic E-state index is 3.72. The highest BCUT2D eigenvalue weighted by Crippen LogP contribution is 2.21. The molecule has 1 rings (SSSR count). The minimum absolute atomic E-state index is 0.505. The van der Waals surface area contributed by atoms with Crippen molar-refractivity contribution in [3.8, 4) is 0 Å². The largest absolute Gasteiger partial charge is 0.310 e. The predicted octanol–water partition coefficient (Wildman–Crippen LogP) is 4.41. The highest BCUT2D eigenvalue weighted by atomic mass is 14.9. The lowest BCUT2D eigenvalue weighted by molar-refractivity contribution is 0.392. The van der Waals surface area contributed by atoms with Crippen LogP contribution in [-0.2, 0) is 0 Å². The summed E-state index contributed by atoms with van der Waals surface area (Å²) in [6.45, 7) is 10.3. The van der Waals surface area contributed by atoms with Gasteiger partial charge in [0.1, 0.15) is 0 Å². The highest BCUT2D eigenvalue weighted by Gasteiger charge is 2.13. The summed E-state index contributed by atoms with van der Waals surface area (Å²) in [6, 6.07) is 11.3. The average Bonchev–Trinajstić information content (AvgIpc) is 2.34. The van der Waals surface area contributed by atoms with Crippen molar-refractivity contribution in [2.24, 2.45) is 11.8 Å². The SMILES string of the molecule is CCC(C)CNC(CC(C)C)c1ccccc1. The zero-order chi connectivity index (χ0) is 12.7. The molecule has 0 aliphatic heterocycles. The second-order valence-corrected chi connectivity index (χ2v) is 5.51. The summed E-state index contributed by atoms with van der Waals surface area (Å²) >= 11 is 0. The Hall–Kier alpha value is -0.820. The van der Waals surface area contributed by atoms with Gasteiger partial charge in [0.25, 0.3) is 0 Å². The van der Waals surface area contributed by atoms with Crippen LogP contribution in [-0.4, -0.2) is 6.54 Å². The van der Waals surface area contributed by atoms with Gasteiger partial charge < -0.3 is 5.32 Å². The molecule has 0 aromatic heterocycles. The van der Waals surface area contributed by atoms with Crippen LogP contribution in [0.15, 0.2) is 30.3 Å². The van der Waals surface area contributed by atoms with Crippen LogP contribution in [0.1, 0.15) is 52.1 Å². The molecule has 2 unspecified atom stereocenters. The zero-order valence-corrected chi connectivity index (χ0v) is 11.7. The molecule has 0 saturated heterocycles. The molecule has 0 saturated carbocycles. The smallest absolute Gasteiger partial charge is 0.0322 e. The van der Waals surface area contributed by atoms with Crippen molar-refractivity contribution in [3.05, 3.63) is 35.9 Å². The lowest BCUT2D eigenvalue weighted by Gasteiger charge is -2.23. The topological polar surface area (TPSA) is 12.0 Å². The van der Waals surface area contributed by atoms with Gasteiger partial charge in [0.15, 0.2) is 0 Å². The Bertz CT molecular complexity index is 292. The van der Waals surface area contributed by atoms with Crippen LogP contribution in [0.2, 0.25) is 0 Å². The van der Waals surface area contributed by atoms with E-state index in [1.165, 1.54) is 18.4 Å². The first-order chi connectivity index (χ1) is 8.13. The van der Waals surface area contributed by atoms with Gasteiger partial charge >= 0.3 is 0 Å². The van der Waals surface area contributed by atoms with E-state index in [0.717, 1.165) is 18.4 Å². The summed E-state index contributed by atoms with van der Waals surface area (Å²) in [6.07, 6.45) is 2.45. The number of hydrogen-bond donors (Lipinski definition) is 1. The molecule has 1 N–H and O–H groups in total. The van der Waals surface area contributed by atoms with Crippen molar-refractivity contribution < 1.29 is 0 Å². The molecule has 0 spiro atoms. The second-order valence-electron chi connectivity index (χ2n) is 5.51. The number of nitrogens with one attached hydrogen (secondary N) is 1. The molecule has 0 fully saturated rings. The summed E-state index contributed by atoms with van der Waals surface area (Å²) in [5.74, 6) is 1.48. The van der Waals surface area contributed by atoms with Gasteiger partial charge in [-0.2, -0.15) is 0 Å². The normalized spacial score (nSPS) is 14.9. The van der Waals surface area contributed by atoms with Gasteiger partial charge in [0, 0.05) is 6.04 Å². The van der Waals surface area contributed by atoms with Crippen LogP contribution in [0.3, 0.4) is 0 Å². The van der Waals surface area contributed by atoms with E-state index in [1.807, 2.05) is 0 Å². The second kappa shape index (κ2) is 7.50. The fraction of sp³-hybridized carbons (Fsp3) is 0.625. The Balaban J connectivity index is 2.61. The monoisotopic (exact) mass is 233 g/mol. The fourth-order valence-corrected chi connectivity index (χ4v) is 1.98. The van der Waals surface area contributed by atoms with Crippen LogP contribution < -0.4 is 5.32 Å². The minimum atomic E-state index is 0.505. The van der Waals surface area contributed by atoms with Gasteiger partial charge in [0.05, 0.1) is 0 Å². The van der Waals surface area contributed by atoms with Crippen molar-refractivity contribution >= 4 is 0 Å². The molecule has 1 aromatic carbocycles. The van der Waals surface area contributed by atoms with E-state index in [4.69, 9.17) is 0 Å². The Morgan fingerprint density at radius 1 is 1.06 bits per heavy atom. The van der Waals surface area contributed by atoms with E-state index < -0.39 is 0 Å². The molecular formula is C16H27N. The van der Waals surface area contributed by atoms with Crippen LogP contribution in [0.25, 0.3) is 0 Å². The van der Waals surface area contributed by atoms with Gasteiger partial charge in [-0.25, -0.2) is 0 Å². The third-order valence-corrected chi connectivity index (χ3v) is 3.32. The molecule has 0 bridgehead atoms. The quantitative estimate of drug-likeness (QED) is 0.735. The third kappa shape index (κ3) is 5.36. The summed E-state index contributed by atoms with van der Waals surface area (Å²) in [5, 5.41) is 3.72. The Morgan fingerprint density at radius 3 is 2.24 bits per heavy atom. The summed E-state index contributed by atoms with van der Waals surface area (Å²) < 4.78 is 0. The Morgan fingerprint density at radius 2 is 1.71 bits per heavy atom.